The zero-order valence-corrected chi connectivity index (χ0v) is 12.3. The Bertz CT molecular complexity index is 521. The molecule has 2 rings (SSSR count). The van der Waals surface area contributed by atoms with E-state index in [0.717, 1.165) is 10.8 Å². The summed E-state index contributed by atoms with van der Waals surface area (Å²) in [5.74, 6) is 0.0860. The molecule has 0 aliphatic carbocycles. The summed E-state index contributed by atoms with van der Waals surface area (Å²) < 4.78 is 0. The lowest BCUT2D eigenvalue weighted by molar-refractivity contribution is 0.0964. The molecule has 0 aromatic heterocycles. The van der Waals surface area contributed by atoms with E-state index in [-0.39, 0.29) is 11.7 Å². The quantitative estimate of drug-likeness (QED) is 0.816. The van der Waals surface area contributed by atoms with E-state index in [9.17, 15) is 9.90 Å². The summed E-state index contributed by atoms with van der Waals surface area (Å²) >= 11 is 0. The van der Waals surface area contributed by atoms with Gasteiger partial charge in [0, 0.05) is 12.6 Å². The van der Waals surface area contributed by atoms with Crippen LogP contribution in [0.15, 0.2) is 36.4 Å². The standard InChI is InChI=1S/C12H11NO2.2C2H6/c1-13-12(15)11-4-2-3-8-7-9(14)5-6-10(8)11;2*1-2/h2-7,14H,1H3,(H,13,15);2*1-2H3. The SMILES string of the molecule is CC.CC.CNC(=O)c1cccc2cc(O)ccc12. The summed E-state index contributed by atoms with van der Waals surface area (Å²) in [6, 6.07) is 10.4. The molecule has 0 radical (unpaired) electrons. The van der Waals surface area contributed by atoms with Gasteiger partial charge in [-0.15, -0.1) is 0 Å². The number of benzene rings is 2. The zero-order valence-electron chi connectivity index (χ0n) is 12.3. The topological polar surface area (TPSA) is 49.3 Å². The second-order valence-electron chi connectivity index (χ2n) is 3.29. The summed E-state index contributed by atoms with van der Waals surface area (Å²) in [6.07, 6.45) is 0. The number of phenols is 1. The second-order valence-corrected chi connectivity index (χ2v) is 3.29. The van der Waals surface area contributed by atoms with Crippen LogP contribution in [0, 0.1) is 0 Å². The molecule has 3 heteroatoms. The summed E-state index contributed by atoms with van der Waals surface area (Å²) in [7, 11) is 1.60. The lowest BCUT2D eigenvalue weighted by Gasteiger charge is -2.05. The summed E-state index contributed by atoms with van der Waals surface area (Å²) in [5, 5.41) is 13.6. The molecule has 0 spiro atoms. The van der Waals surface area contributed by atoms with Crippen molar-refractivity contribution < 1.29 is 9.90 Å². The average Bonchev–Trinajstić information content (AvgIpc) is 2.49. The molecule has 2 aromatic carbocycles. The highest BCUT2D eigenvalue weighted by atomic mass is 16.3. The van der Waals surface area contributed by atoms with E-state index < -0.39 is 0 Å². The Kier molecular flexibility index (Phi) is 8.02. The molecule has 0 atom stereocenters. The van der Waals surface area contributed by atoms with E-state index >= 15 is 0 Å². The highest BCUT2D eigenvalue weighted by Gasteiger charge is 2.07. The Labute approximate surface area is 115 Å². The minimum atomic E-state index is -0.119. The Morgan fingerprint density at radius 2 is 1.68 bits per heavy atom. The third kappa shape index (κ3) is 4.28. The maximum atomic E-state index is 11.5. The zero-order chi connectivity index (χ0) is 14.8. The van der Waals surface area contributed by atoms with E-state index in [0.29, 0.717) is 5.56 Å². The molecule has 0 aliphatic rings. The van der Waals surface area contributed by atoms with Crippen molar-refractivity contribution in [2.45, 2.75) is 27.7 Å². The maximum Gasteiger partial charge on any atom is 0.251 e. The first-order valence-electron chi connectivity index (χ1n) is 6.66. The van der Waals surface area contributed by atoms with Gasteiger partial charge in [0.2, 0.25) is 0 Å². The Balaban J connectivity index is 0.000000741. The molecule has 2 N–H and O–H groups in total. The molecule has 0 fully saturated rings. The number of hydrogen-bond donors (Lipinski definition) is 2. The molecule has 0 unspecified atom stereocenters. The average molecular weight is 261 g/mol. The summed E-state index contributed by atoms with van der Waals surface area (Å²) in [5.41, 5.74) is 0.620. The largest absolute Gasteiger partial charge is 0.508 e. The first kappa shape index (κ1) is 17.0. The predicted octanol–water partition coefficient (Wildman–Crippen LogP) is 3.96. The molecule has 0 aliphatic heterocycles. The van der Waals surface area contributed by atoms with E-state index in [2.05, 4.69) is 5.32 Å². The molecule has 2 aromatic rings. The molecular weight excluding hydrogens is 238 g/mol. The maximum absolute atomic E-state index is 11.5. The van der Waals surface area contributed by atoms with Crippen LogP contribution in [-0.2, 0) is 0 Å². The van der Waals surface area contributed by atoms with Crippen LogP contribution in [0.5, 0.6) is 5.75 Å². The van der Waals surface area contributed by atoms with Crippen molar-refractivity contribution in [3.8, 4) is 5.75 Å². The van der Waals surface area contributed by atoms with Gasteiger partial charge in [-0.3, -0.25) is 4.79 Å². The van der Waals surface area contributed by atoms with Gasteiger partial charge >= 0.3 is 0 Å². The van der Waals surface area contributed by atoms with Crippen LogP contribution in [-0.4, -0.2) is 18.1 Å². The van der Waals surface area contributed by atoms with Crippen LogP contribution in [0.2, 0.25) is 0 Å². The number of hydrogen-bond acceptors (Lipinski definition) is 2. The molecule has 0 bridgehead atoms. The van der Waals surface area contributed by atoms with Gasteiger partial charge in [0.25, 0.3) is 5.91 Å². The van der Waals surface area contributed by atoms with Crippen molar-refractivity contribution in [3.63, 3.8) is 0 Å². The first-order valence-corrected chi connectivity index (χ1v) is 6.66. The van der Waals surface area contributed by atoms with Gasteiger partial charge in [-0.05, 0) is 35.0 Å². The van der Waals surface area contributed by atoms with Crippen LogP contribution in [0.25, 0.3) is 10.8 Å². The fraction of sp³-hybridized carbons (Fsp3) is 0.312. The van der Waals surface area contributed by atoms with Gasteiger partial charge < -0.3 is 10.4 Å². The number of fused-ring (bicyclic) bond motifs is 1. The van der Waals surface area contributed by atoms with E-state index in [1.165, 1.54) is 0 Å². The van der Waals surface area contributed by atoms with Crippen molar-refractivity contribution in [3.05, 3.63) is 42.0 Å². The summed E-state index contributed by atoms with van der Waals surface area (Å²) in [6.45, 7) is 8.00. The minimum absolute atomic E-state index is 0.119. The number of carbonyl (C=O) groups is 1. The number of carbonyl (C=O) groups excluding carboxylic acids is 1. The lowest BCUT2D eigenvalue weighted by Crippen LogP contribution is -2.17. The Morgan fingerprint density at radius 3 is 2.26 bits per heavy atom. The van der Waals surface area contributed by atoms with E-state index in [1.807, 2.05) is 33.8 Å². The van der Waals surface area contributed by atoms with Crippen LogP contribution in [0.4, 0.5) is 0 Å². The first-order chi connectivity index (χ1) is 9.22. The van der Waals surface area contributed by atoms with Crippen LogP contribution in [0.3, 0.4) is 0 Å². The molecule has 0 saturated carbocycles. The third-order valence-corrected chi connectivity index (χ3v) is 2.34. The Morgan fingerprint density at radius 1 is 1.05 bits per heavy atom. The van der Waals surface area contributed by atoms with Gasteiger partial charge in [-0.2, -0.15) is 0 Å². The molecule has 1 amide bonds. The fourth-order valence-electron chi connectivity index (χ4n) is 1.60. The number of phenolic OH excluding ortho intramolecular Hbond substituents is 1. The van der Waals surface area contributed by atoms with Gasteiger partial charge in [0.05, 0.1) is 0 Å². The van der Waals surface area contributed by atoms with Gasteiger partial charge in [0.15, 0.2) is 0 Å². The molecular formula is C16H23NO2. The van der Waals surface area contributed by atoms with Crippen LogP contribution >= 0.6 is 0 Å². The van der Waals surface area contributed by atoms with E-state index in [1.54, 1.807) is 37.4 Å². The highest BCUT2D eigenvalue weighted by Crippen LogP contribution is 2.22. The normalized spacial score (nSPS) is 8.68. The van der Waals surface area contributed by atoms with Gasteiger partial charge in [0.1, 0.15) is 5.75 Å². The monoisotopic (exact) mass is 261 g/mol. The third-order valence-electron chi connectivity index (χ3n) is 2.34. The van der Waals surface area contributed by atoms with Crippen molar-refractivity contribution in [2.75, 3.05) is 7.05 Å². The molecule has 0 heterocycles. The predicted molar refractivity (Wildman–Crippen MR) is 81.7 cm³/mol. The fourth-order valence-corrected chi connectivity index (χ4v) is 1.60. The molecule has 19 heavy (non-hydrogen) atoms. The van der Waals surface area contributed by atoms with Crippen molar-refractivity contribution in [1.82, 2.24) is 5.32 Å². The lowest BCUT2D eigenvalue weighted by atomic mass is 10.0. The number of nitrogens with one attached hydrogen (secondary N) is 1. The molecule has 3 nitrogen and oxygen atoms in total. The Hall–Kier alpha value is -2.03. The number of rotatable bonds is 1. The van der Waals surface area contributed by atoms with Crippen LogP contribution < -0.4 is 5.32 Å². The highest BCUT2D eigenvalue weighted by molar-refractivity contribution is 6.07. The summed E-state index contributed by atoms with van der Waals surface area (Å²) in [4.78, 5) is 11.5. The van der Waals surface area contributed by atoms with Crippen molar-refractivity contribution in [2.24, 2.45) is 0 Å². The van der Waals surface area contributed by atoms with Gasteiger partial charge in [-0.1, -0.05) is 39.8 Å². The second kappa shape index (κ2) is 8.97. The van der Waals surface area contributed by atoms with E-state index in [4.69, 9.17) is 0 Å². The molecule has 0 saturated heterocycles. The number of amides is 1. The van der Waals surface area contributed by atoms with Gasteiger partial charge in [-0.25, -0.2) is 0 Å². The smallest absolute Gasteiger partial charge is 0.251 e. The minimum Gasteiger partial charge on any atom is -0.508 e. The van der Waals surface area contributed by atoms with Crippen molar-refractivity contribution in [1.29, 1.82) is 0 Å². The molecule has 104 valence electrons. The number of aromatic hydroxyl groups is 1. The van der Waals surface area contributed by atoms with Crippen molar-refractivity contribution >= 4 is 16.7 Å². The van der Waals surface area contributed by atoms with Crippen LogP contribution in [0.1, 0.15) is 38.1 Å².